The van der Waals surface area contributed by atoms with Crippen molar-refractivity contribution < 1.29 is 75.0 Å². The number of aliphatic carboxylic acids is 1. The number of carbonyl (C=O) groups excluding carboxylic acids is 7. The molecule has 5 aromatic carbocycles. The minimum atomic E-state index is -4.26. The molecule has 0 radical (unpaired) electrons. The summed E-state index contributed by atoms with van der Waals surface area (Å²) in [4.78, 5) is 127. The van der Waals surface area contributed by atoms with Crippen molar-refractivity contribution in [1.82, 2.24) is 40.4 Å². The van der Waals surface area contributed by atoms with Gasteiger partial charge in [0.2, 0.25) is 35.3 Å². The number of carboxylic acids is 1. The molecule has 1 unspecified atom stereocenters. The van der Waals surface area contributed by atoms with Crippen molar-refractivity contribution in [3.05, 3.63) is 202 Å². The van der Waals surface area contributed by atoms with Crippen LogP contribution in [0.5, 0.6) is 0 Å². The Balaban J connectivity index is 0.000000245. The number of unbranched alkanes of at least 4 members (excludes halogenated alkanes) is 3. The molecule has 0 aliphatic carbocycles. The fourth-order valence-corrected chi connectivity index (χ4v) is 17.5. The van der Waals surface area contributed by atoms with E-state index < -0.39 is 36.1 Å². The molecule has 7 N–H and O–H groups in total. The Morgan fingerprint density at radius 1 is 0.713 bits per heavy atom. The number of fused-ring (bicyclic) bond motifs is 7. The molecule has 6 amide bonds. The molecular formula is C85H103N11O16S2Si. The number of thiol groups is 1. The lowest BCUT2D eigenvalue weighted by Gasteiger charge is -2.27. The molecule has 610 valence electrons. The summed E-state index contributed by atoms with van der Waals surface area (Å²) >= 11 is 4.08. The maximum atomic E-state index is 12.8. The topological polar surface area (TPSA) is 387 Å². The SMILES string of the molecule is CC1(C)C(=CC=CC=CC=CC2=[N+](CCCCCC(=O)NCCN3C(=O)C=CC3=O)c3ccc4ccccc4c3C2(C)C)N(CCCCS(=O)(=O)[O-])c2ccc3ccccc3c21.CO[Si](CO)(CCCS)OC.Nc1nc2ncc(CCc3ccc(C(=O)CC(CCC(=O)NCCCN4C(=O)CCC4=O)C(=O)O)cc3)nc2c(=O)[nH]1. The Kier molecular flexibility index (Phi) is 31.7. The Labute approximate surface area is 676 Å². The molecule has 115 heavy (non-hydrogen) atoms. The monoisotopic (exact) mass is 1630 g/mol. The van der Waals surface area contributed by atoms with Crippen LogP contribution in [-0.4, -0.2) is 190 Å². The molecule has 11 rings (SSSR count). The van der Waals surface area contributed by atoms with E-state index in [1.807, 2.05) is 24.3 Å². The molecule has 0 spiro atoms. The summed E-state index contributed by atoms with van der Waals surface area (Å²) in [7, 11) is -3.32. The molecule has 0 saturated carbocycles. The van der Waals surface area contributed by atoms with E-state index in [2.05, 4.69) is 171 Å². The normalized spacial score (nSPS) is 15.7. The fraction of sp³-hybridized carbons (Fsp3) is 0.400. The number of carboxylic acid groups (broad SMARTS) is 1. The highest BCUT2D eigenvalue weighted by atomic mass is 32.2. The number of benzene rings is 5. The number of aryl methyl sites for hydroxylation is 2. The van der Waals surface area contributed by atoms with Crippen LogP contribution in [0.3, 0.4) is 0 Å². The van der Waals surface area contributed by atoms with Crippen LogP contribution in [0, 0.1) is 5.92 Å². The molecule has 4 aliphatic heterocycles. The maximum absolute atomic E-state index is 12.8. The summed E-state index contributed by atoms with van der Waals surface area (Å²) in [5.41, 5.74) is 13.8. The lowest BCUT2D eigenvalue weighted by Crippen LogP contribution is -2.44. The zero-order valence-electron chi connectivity index (χ0n) is 65.9. The van der Waals surface area contributed by atoms with Crippen molar-refractivity contribution in [3.8, 4) is 0 Å². The highest BCUT2D eigenvalue weighted by molar-refractivity contribution is 7.85. The number of aliphatic hydroxyl groups excluding tert-OH is 1. The van der Waals surface area contributed by atoms with Crippen molar-refractivity contribution in [3.63, 3.8) is 0 Å². The van der Waals surface area contributed by atoms with E-state index in [0.29, 0.717) is 56.3 Å². The first-order valence-corrected chi connectivity index (χ1v) is 43.2. The van der Waals surface area contributed by atoms with E-state index in [4.69, 9.17) is 19.7 Å². The zero-order valence-corrected chi connectivity index (χ0v) is 68.7. The van der Waals surface area contributed by atoms with Gasteiger partial charge < -0.3 is 44.9 Å². The van der Waals surface area contributed by atoms with E-state index in [9.17, 15) is 61.2 Å². The second-order valence-corrected chi connectivity index (χ2v) is 35.0. The molecular weight excluding hydrogens is 1520 g/mol. The summed E-state index contributed by atoms with van der Waals surface area (Å²) in [6.45, 7) is 11.3. The molecule has 6 heterocycles. The number of carbonyl (C=O) groups is 8. The third-order valence-electron chi connectivity index (χ3n) is 21.0. The number of anilines is 2. The molecule has 27 nitrogen and oxygen atoms in total. The lowest BCUT2D eigenvalue weighted by molar-refractivity contribution is -0.438. The van der Waals surface area contributed by atoms with Gasteiger partial charge in [-0.25, -0.2) is 18.4 Å². The fourth-order valence-electron chi connectivity index (χ4n) is 14.8. The van der Waals surface area contributed by atoms with Crippen molar-refractivity contribution in [2.75, 3.05) is 81.9 Å². The van der Waals surface area contributed by atoms with Crippen molar-refractivity contribution in [2.24, 2.45) is 5.92 Å². The number of allylic oxidation sites excluding steroid dienone is 8. The zero-order chi connectivity index (χ0) is 83.0. The van der Waals surface area contributed by atoms with Crippen LogP contribution in [0.4, 0.5) is 17.3 Å². The van der Waals surface area contributed by atoms with Crippen molar-refractivity contribution >= 4 is 134 Å². The number of aliphatic hydroxyl groups is 1. The van der Waals surface area contributed by atoms with Crippen LogP contribution >= 0.6 is 12.6 Å². The number of likely N-dealkylation sites (tertiary alicyclic amines) is 1. The minimum Gasteiger partial charge on any atom is -0.748 e. The number of aromatic nitrogens is 4. The highest BCUT2D eigenvalue weighted by Crippen LogP contribution is 2.51. The molecule has 1 atom stereocenters. The number of amides is 6. The first-order valence-electron chi connectivity index (χ1n) is 38.7. The predicted octanol–water partition coefficient (Wildman–Crippen LogP) is 10.0. The van der Waals surface area contributed by atoms with E-state index in [1.165, 1.54) is 67.3 Å². The minimum absolute atomic E-state index is 0.00811. The molecule has 1 fully saturated rings. The Hall–Kier alpha value is -10.5. The molecule has 30 heteroatoms. The lowest BCUT2D eigenvalue weighted by atomic mass is 9.79. The number of hydrogen-bond acceptors (Lipinski definition) is 21. The Bertz CT molecular complexity index is 5070. The Morgan fingerprint density at radius 3 is 2.01 bits per heavy atom. The van der Waals surface area contributed by atoms with Gasteiger partial charge in [-0.3, -0.25) is 57.9 Å². The molecule has 2 aromatic heterocycles. The second kappa shape index (κ2) is 41.2. The second-order valence-electron chi connectivity index (χ2n) is 29.6. The summed E-state index contributed by atoms with van der Waals surface area (Å²) < 4.78 is 46.7. The average Bonchev–Trinajstić information content (AvgIpc) is 1.58. The first kappa shape index (κ1) is 88.5. The van der Waals surface area contributed by atoms with E-state index in [0.717, 1.165) is 65.9 Å². The number of aromatic amines is 1. The van der Waals surface area contributed by atoms with E-state index in [1.54, 1.807) is 38.5 Å². The smallest absolute Gasteiger partial charge is 0.364 e. The number of nitrogens with two attached hydrogens (primary N) is 1. The number of Topliss-reactive ketones (excluding diaryl/α,β-unsaturated/α-hetero) is 1. The van der Waals surface area contributed by atoms with Gasteiger partial charge in [0, 0.05) is 143 Å². The standard InChI is InChI=1S/C51H56N4O6S.C28H31N7O7.C6H16O3SSi/c1-50(2)43(53(41-28-26-37-19-12-14-21-39(37)48(41)50)33-16-8-11-25-45(56)52-32-35-55-46(57)30-31-47(55)58)23-9-6-5-7-10-24-44-51(3,4)49-40-22-15-13-20-38(40)27-29-42(49)54(44)34-17-18-36-62(59,60)61;29-28-33-25-24(26(40)34-28)32-19(15-31-25)8-4-16-2-5-17(6-3-16)20(36)14-18(27(41)42)7-9-21(37)30-12-1-13-35-22(38)10-11-23(35)39;1-8-11(6-7,9-2)5-3-4-10/h5-7,9-10,12-15,19-24,26-31H,8,11,16-18,25,32-36H2,1-4H3,(H-,52,56,59,60,61);2-3,5-6,15,18H,1,4,7-14H2,(H,30,37)(H,41,42)(H3,29,31,33,34,40);7,10H,3-6H2,1-2H3. The van der Waals surface area contributed by atoms with Gasteiger partial charge in [-0.15, -0.1) is 0 Å². The summed E-state index contributed by atoms with van der Waals surface area (Å²) in [5, 5.41) is 28.9. The predicted molar refractivity (Wildman–Crippen MR) is 447 cm³/mol. The third kappa shape index (κ3) is 23.4. The van der Waals surface area contributed by atoms with Gasteiger partial charge in [0.15, 0.2) is 22.7 Å². The van der Waals surface area contributed by atoms with Gasteiger partial charge in [0.25, 0.3) is 17.4 Å². The third-order valence-corrected chi connectivity index (χ3v) is 25.2. The Morgan fingerprint density at radius 2 is 1.35 bits per heavy atom. The van der Waals surface area contributed by atoms with Crippen LogP contribution < -0.4 is 26.8 Å². The number of imide groups is 2. The number of nitrogens with zero attached hydrogens (tertiary/aromatic N) is 7. The quantitative estimate of drug-likeness (QED) is 0.00276. The molecule has 0 bridgehead atoms. The first-order chi connectivity index (χ1) is 55.0. The number of hydrogen-bond donors (Lipinski definition) is 7. The van der Waals surface area contributed by atoms with Gasteiger partial charge in [-0.1, -0.05) is 123 Å². The van der Waals surface area contributed by atoms with Crippen LogP contribution in [0.1, 0.15) is 144 Å². The van der Waals surface area contributed by atoms with Crippen LogP contribution in [0.15, 0.2) is 168 Å². The van der Waals surface area contributed by atoms with Gasteiger partial charge in [0.1, 0.15) is 6.54 Å². The maximum Gasteiger partial charge on any atom is 0.364 e. The van der Waals surface area contributed by atoms with Crippen LogP contribution in [0.25, 0.3) is 32.7 Å². The number of nitrogens with one attached hydrogen (secondary N) is 3. The van der Waals surface area contributed by atoms with Gasteiger partial charge in [-0.2, -0.15) is 22.2 Å². The molecule has 1 saturated heterocycles. The van der Waals surface area contributed by atoms with Gasteiger partial charge >= 0.3 is 14.5 Å². The van der Waals surface area contributed by atoms with Crippen LogP contribution in [0.2, 0.25) is 6.04 Å². The molecule has 7 aromatic rings. The van der Waals surface area contributed by atoms with Gasteiger partial charge in [0.05, 0.1) is 39.6 Å². The number of rotatable bonds is 38. The van der Waals surface area contributed by atoms with E-state index in [-0.39, 0.29) is 139 Å². The summed E-state index contributed by atoms with van der Waals surface area (Å²) in [6, 6.07) is 33.2. The van der Waals surface area contributed by atoms with Gasteiger partial charge in [-0.05, 0) is 134 Å². The largest absolute Gasteiger partial charge is 0.748 e. The highest BCUT2D eigenvalue weighted by Gasteiger charge is 2.46. The number of nitrogen functional groups attached to an aromatic ring is 1. The number of H-pyrrole nitrogens is 1. The number of ketones is 1. The summed E-state index contributed by atoms with van der Waals surface area (Å²) in [6.07, 6.45) is 24.9. The average molecular weight is 1630 g/mol. The molecule has 4 aliphatic rings. The van der Waals surface area contributed by atoms with Crippen LogP contribution in [-0.2, 0) is 76.2 Å². The summed E-state index contributed by atoms with van der Waals surface area (Å²) in [5.74, 6) is -3.70. The van der Waals surface area contributed by atoms with Crippen molar-refractivity contribution in [1.29, 1.82) is 0 Å². The van der Waals surface area contributed by atoms with Crippen molar-refractivity contribution in [2.45, 2.75) is 141 Å². The van der Waals surface area contributed by atoms with E-state index >= 15 is 0 Å².